The molecule has 3 aromatic carbocycles. The molecule has 1 aliphatic rings. The molecule has 2 atom stereocenters. The summed E-state index contributed by atoms with van der Waals surface area (Å²) in [5, 5.41) is 2.35. The lowest BCUT2D eigenvalue weighted by atomic mass is 9.97. The summed E-state index contributed by atoms with van der Waals surface area (Å²) in [6, 6.07) is 6.83. The average Bonchev–Trinajstić information content (AvgIpc) is 3.45. The Morgan fingerprint density at radius 2 is 1.51 bits per heavy atom. The van der Waals surface area contributed by atoms with Crippen molar-refractivity contribution in [2.45, 2.75) is 36.2 Å². The third-order valence-corrected chi connectivity index (χ3v) is 7.51. The molecule has 1 saturated carbocycles. The van der Waals surface area contributed by atoms with E-state index >= 15 is 0 Å². The highest BCUT2D eigenvalue weighted by Gasteiger charge is 2.67. The number of ketones is 2. The second-order valence-electron chi connectivity index (χ2n) is 9.53. The number of alkyl halides is 5. The van der Waals surface area contributed by atoms with Crippen LogP contribution in [0.3, 0.4) is 0 Å². The maximum Gasteiger partial charge on any atom is 0.419 e. The first kappa shape index (κ1) is 30.5. The smallest absolute Gasteiger partial charge is 0.326 e. The molecule has 4 nitrogen and oxygen atoms in total. The molecule has 0 aromatic heterocycles. The first-order valence-electron chi connectivity index (χ1n) is 11.9. The fraction of sp³-hybridized carbons (Fsp3) is 0.250. The van der Waals surface area contributed by atoms with Crippen molar-refractivity contribution in [3.63, 3.8) is 0 Å². The largest absolute Gasteiger partial charge is 0.419 e. The predicted molar refractivity (Wildman–Crippen MR) is 136 cm³/mol. The van der Waals surface area contributed by atoms with Crippen molar-refractivity contribution in [3.8, 4) is 0 Å². The lowest BCUT2D eigenvalue weighted by Gasteiger charge is -2.11. The summed E-state index contributed by atoms with van der Waals surface area (Å²) in [5.74, 6) is -9.57. The molecule has 4 rings (SSSR count). The van der Waals surface area contributed by atoms with Crippen molar-refractivity contribution < 1.29 is 45.1 Å². The maximum atomic E-state index is 14.8. The first-order chi connectivity index (χ1) is 19.0. The highest BCUT2D eigenvalue weighted by atomic mass is 35.5. The Bertz CT molecular complexity index is 1570. The van der Waals surface area contributed by atoms with Crippen molar-refractivity contribution in [2.24, 2.45) is 5.92 Å². The van der Waals surface area contributed by atoms with Crippen molar-refractivity contribution in [3.05, 3.63) is 99.6 Å². The molecule has 1 amide bonds. The average molecular weight is 620 g/mol. The van der Waals surface area contributed by atoms with Crippen LogP contribution in [0.2, 0.25) is 0 Å². The molecular formula is C28H18Cl2F7NO3. The Morgan fingerprint density at radius 3 is 2.15 bits per heavy atom. The van der Waals surface area contributed by atoms with Gasteiger partial charge in [0.15, 0.2) is 5.78 Å². The van der Waals surface area contributed by atoms with Crippen LogP contribution < -0.4 is 5.32 Å². The second-order valence-corrected chi connectivity index (χ2v) is 11.0. The molecule has 41 heavy (non-hydrogen) atoms. The summed E-state index contributed by atoms with van der Waals surface area (Å²) >= 11 is 12.3. The highest BCUT2D eigenvalue weighted by molar-refractivity contribution is 6.53. The van der Waals surface area contributed by atoms with Gasteiger partial charge in [-0.2, -0.15) is 13.2 Å². The van der Waals surface area contributed by atoms with Crippen LogP contribution in [0.15, 0.2) is 48.5 Å². The minimum Gasteiger partial charge on any atom is -0.326 e. The van der Waals surface area contributed by atoms with E-state index < -0.39 is 86.2 Å². The zero-order valence-electron chi connectivity index (χ0n) is 20.8. The van der Waals surface area contributed by atoms with Crippen molar-refractivity contribution in [2.75, 3.05) is 5.32 Å². The van der Waals surface area contributed by atoms with E-state index in [1.807, 2.05) is 0 Å². The quantitative estimate of drug-likeness (QED) is 0.163. The number of rotatable bonds is 8. The van der Waals surface area contributed by atoms with Gasteiger partial charge in [0, 0.05) is 30.0 Å². The molecule has 0 radical (unpaired) electrons. The molecule has 0 heterocycles. The predicted octanol–water partition coefficient (Wildman–Crippen LogP) is 7.34. The van der Waals surface area contributed by atoms with Crippen LogP contribution >= 0.6 is 23.2 Å². The lowest BCUT2D eigenvalue weighted by Crippen LogP contribution is -2.18. The van der Waals surface area contributed by atoms with Crippen molar-refractivity contribution in [1.82, 2.24) is 0 Å². The van der Waals surface area contributed by atoms with Gasteiger partial charge >= 0.3 is 6.18 Å². The fourth-order valence-corrected chi connectivity index (χ4v) is 5.35. The van der Waals surface area contributed by atoms with Crippen LogP contribution in [0.25, 0.3) is 0 Å². The number of benzene rings is 3. The van der Waals surface area contributed by atoms with Crippen LogP contribution in [0.5, 0.6) is 0 Å². The number of halogens is 9. The van der Waals surface area contributed by atoms with Gasteiger partial charge in [0.05, 0.1) is 17.0 Å². The van der Waals surface area contributed by atoms with E-state index in [0.717, 1.165) is 36.4 Å². The van der Waals surface area contributed by atoms with Gasteiger partial charge in [0.25, 0.3) is 0 Å². The molecule has 0 saturated heterocycles. The molecule has 1 fully saturated rings. The summed E-state index contributed by atoms with van der Waals surface area (Å²) in [6.45, 7) is 1.20. The second kappa shape index (κ2) is 11.1. The normalized spacial score (nSPS) is 17.7. The molecule has 0 bridgehead atoms. The molecule has 1 N–H and O–H groups in total. The molecule has 0 aliphatic heterocycles. The van der Waals surface area contributed by atoms with E-state index in [1.54, 1.807) is 0 Å². The van der Waals surface area contributed by atoms with Crippen LogP contribution in [-0.2, 0) is 28.6 Å². The molecule has 13 heteroatoms. The Kier molecular flexibility index (Phi) is 8.26. The number of hydrogen-bond donors (Lipinski definition) is 1. The molecule has 0 unspecified atom stereocenters. The fourth-order valence-electron chi connectivity index (χ4n) is 4.53. The van der Waals surface area contributed by atoms with Gasteiger partial charge in [-0.1, -0.05) is 12.1 Å². The minimum absolute atomic E-state index is 0.142. The summed E-state index contributed by atoms with van der Waals surface area (Å²) in [6.07, 6.45) is -6.25. The summed E-state index contributed by atoms with van der Waals surface area (Å²) < 4.78 is 94.9. The molecule has 0 spiro atoms. The number of carbonyl (C=O) groups is 3. The van der Waals surface area contributed by atoms with Gasteiger partial charge in [-0.3, -0.25) is 14.4 Å². The maximum absolute atomic E-state index is 14.8. The number of anilines is 1. The number of carbonyl (C=O) groups excluding carboxylic acids is 3. The highest BCUT2D eigenvalue weighted by Crippen LogP contribution is 2.65. The zero-order chi connectivity index (χ0) is 30.4. The van der Waals surface area contributed by atoms with Crippen molar-refractivity contribution in [1.29, 1.82) is 0 Å². The Labute approximate surface area is 238 Å². The standard InChI is InChI=1S/C28H18Cl2F7NO3/c1-12(39)8-14-3-5-20(32)17(25(14)34)11-22(40)16-10-15(4-7-19(16)31)38-26(41)24-23(27(24,29)30)13-2-6-21(33)18(9-13)28(35,36)37/h2-7,9-10,23-24H,8,11H2,1H3,(H,38,41)/t23-,24+/m0/s1. The molecular weight excluding hydrogens is 602 g/mol. The number of hydrogen-bond acceptors (Lipinski definition) is 3. The third-order valence-electron chi connectivity index (χ3n) is 6.57. The number of amides is 1. The van der Waals surface area contributed by atoms with Gasteiger partial charge in [0.1, 0.15) is 33.4 Å². The topological polar surface area (TPSA) is 63.2 Å². The lowest BCUT2D eigenvalue weighted by molar-refractivity contribution is -0.140. The van der Waals surface area contributed by atoms with E-state index in [1.165, 1.54) is 6.92 Å². The Balaban J connectivity index is 1.54. The van der Waals surface area contributed by atoms with E-state index in [2.05, 4.69) is 5.32 Å². The van der Waals surface area contributed by atoms with E-state index in [9.17, 15) is 45.1 Å². The number of Topliss-reactive ketones (excluding diaryl/α,β-unsaturated/α-hetero) is 2. The molecule has 216 valence electrons. The van der Waals surface area contributed by atoms with Crippen LogP contribution in [0.4, 0.5) is 36.4 Å². The van der Waals surface area contributed by atoms with E-state index in [4.69, 9.17) is 23.2 Å². The summed E-state index contributed by atoms with van der Waals surface area (Å²) in [7, 11) is 0. The SMILES string of the molecule is CC(=O)Cc1ccc(F)c(CC(=O)c2cc(NC(=O)[C@H]3[C@H](c4ccc(F)c(C(F)(F)F)c4)C3(Cl)Cl)ccc2F)c1F. The van der Waals surface area contributed by atoms with Crippen molar-refractivity contribution >= 4 is 46.4 Å². The zero-order valence-corrected chi connectivity index (χ0v) is 22.3. The molecule has 3 aromatic rings. The molecule has 1 aliphatic carbocycles. The van der Waals surface area contributed by atoms with Gasteiger partial charge in [-0.25, -0.2) is 17.6 Å². The van der Waals surface area contributed by atoms with Gasteiger partial charge in [0.2, 0.25) is 5.91 Å². The first-order valence-corrected chi connectivity index (χ1v) is 12.6. The number of nitrogens with one attached hydrogen (secondary N) is 1. The van der Waals surface area contributed by atoms with Gasteiger partial charge < -0.3 is 5.32 Å². The minimum atomic E-state index is -5.01. The van der Waals surface area contributed by atoms with Crippen LogP contribution in [0, 0.1) is 29.2 Å². The van der Waals surface area contributed by atoms with Gasteiger partial charge in [-0.15, -0.1) is 23.2 Å². The Morgan fingerprint density at radius 1 is 0.878 bits per heavy atom. The Hall–Kier alpha value is -3.44. The summed E-state index contributed by atoms with van der Waals surface area (Å²) in [4.78, 5) is 37.1. The van der Waals surface area contributed by atoms with Crippen LogP contribution in [-0.4, -0.2) is 21.8 Å². The van der Waals surface area contributed by atoms with Gasteiger partial charge in [-0.05, 0) is 54.4 Å². The van der Waals surface area contributed by atoms with Crippen LogP contribution in [0.1, 0.15) is 45.5 Å². The summed E-state index contributed by atoms with van der Waals surface area (Å²) in [5.41, 5.74) is -3.29. The van der Waals surface area contributed by atoms with E-state index in [0.29, 0.717) is 12.1 Å². The monoisotopic (exact) mass is 619 g/mol. The third kappa shape index (κ3) is 6.25. The van der Waals surface area contributed by atoms with E-state index in [-0.39, 0.29) is 23.2 Å².